The molecule has 1 fully saturated rings. The molecule has 0 unspecified atom stereocenters. The van der Waals surface area contributed by atoms with Crippen LogP contribution in [0, 0.1) is 5.92 Å². The Balaban J connectivity index is 0.00000101. The molecule has 33 heavy (non-hydrogen) atoms. The zero-order valence-electron chi connectivity index (χ0n) is 20.5. The van der Waals surface area contributed by atoms with Crippen molar-refractivity contribution in [3.63, 3.8) is 0 Å². The van der Waals surface area contributed by atoms with Crippen molar-refractivity contribution >= 4 is 33.4 Å². The van der Waals surface area contributed by atoms with Crippen molar-refractivity contribution in [2.75, 3.05) is 25.1 Å². The van der Waals surface area contributed by atoms with Gasteiger partial charge in [0.25, 0.3) is 0 Å². The molecule has 0 atom stereocenters. The molecule has 0 saturated carbocycles. The number of carbonyl (C=O) groups is 1. The first-order valence-corrected chi connectivity index (χ1v) is 13.0. The molecule has 186 valence electrons. The summed E-state index contributed by atoms with van der Waals surface area (Å²) in [6.07, 6.45) is 3.69. The van der Waals surface area contributed by atoms with Crippen LogP contribution in [0.1, 0.15) is 53.0 Å². The second-order valence-electron chi connectivity index (χ2n) is 7.65. The molecule has 2 aliphatic rings. The summed E-state index contributed by atoms with van der Waals surface area (Å²) in [4.78, 5) is 14.3. The van der Waals surface area contributed by atoms with E-state index in [2.05, 4.69) is 6.58 Å². The summed E-state index contributed by atoms with van der Waals surface area (Å²) < 4.78 is 37.6. The number of nitrogens with zero attached hydrogens (tertiary/aromatic N) is 2. The number of amides is 1. The fourth-order valence-electron chi connectivity index (χ4n) is 3.66. The molecule has 1 aromatic rings. The average Bonchev–Trinajstić information content (AvgIpc) is 2.79. The second kappa shape index (κ2) is 13.6. The first-order valence-electron chi connectivity index (χ1n) is 11.2. The number of hydrogen-bond donors (Lipinski definition) is 0. The highest BCUT2D eigenvalue weighted by Crippen LogP contribution is 2.34. The van der Waals surface area contributed by atoms with Crippen molar-refractivity contribution in [3.05, 3.63) is 52.6 Å². The van der Waals surface area contributed by atoms with Gasteiger partial charge in [-0.25, -0.2) is 13.2 Å². The van der Waals surface area contributed by atoms with Gasteiger partial charge in [0.15, 0.2) is 0 Å². The highest BCUT2D eigenvalue weighted by Gasteiger charge is 2.38. The highest BCUT2D eigenvalue weighted by atomic mass is 35.5. The molecule has 0 bridgehead atoms. The second-order valence-corrected chi connectivity index (χ2v) is 10.0. The Kier molecular flexibility index (Phi) is 12.0. The van der Waals surface area contributed by atoms with E-state index in [1.165, 1.54) is 17.7 Å². The van der Waals surface area contributed by atoms with Crippen LogP contribution in [0.5, 0.6) is 0 Å². The summed E-state index contributed by atoms with van der Waals surface area (Å²) in [6, 6.07) is 5.23. The topological polar surface area (TPSA) is 76.2 Å². The molecular weight excluding hydrogens is 464 g/mol. The van der Waals surface area contributed by atoms with Crippen molar-refractivity contribution < 1.29 is 22.7 Å². The van der Waals surface area contributed by atoms with E-state index < -0.39 is 16.1 Å². The Morgan fingerprint density at radius 2 is 1.85 bits per heavy atom. The van der Waals surface area contributed by atoms with Crippen LogP contribution >= 0.6 is 11.6 Å². The lowest BCUT2D eigenvalue weighted by molar-refractivity contribution is 0.136. The van der Waals surface area contributed by atoms with Crippen molar-refractivity contribution in [3.8, 4) is 0 Å². The van der Waals surface area contributed by atoms with Crippen molar-refractivity contribution in [1.29, 1.82) is 0 Å². The van der Waals surface area contributed by atoms with Crippen LogP contribution in [0.2, 0.25) is 5.02 Å². The van der Waals surface area contributed by atoms with Gasteiger partial charge in [0, 0.05) is 29.7 Å². The third-order valence-electron chi connectivity index (χ3n) is 5.08. The molecule has 0 radical (unpaired) electrons. The van der Waals surface area contributed by atoms with Gasteiger partial charge >= 0.3 is 6.09 Å². The first-order chi connectivity index (χ1) is 15.7. The van der Waals surface area contributed by atoms with Crippen molar-refractivity contribution in [1.82, 2.24) is 4.31 Å². The van der Waals surface area contributed by atoms with Gasteiger partial charge in [-0.2, -0.15) is 4.31 Å². The summed E-state index contributed by atoms with van der Waals surface area (Å²) in [6.45, 7) is 13.7. The Morgan fingerprint density at radius 1 is 1.27 bits per heavy atom. The minimum Gasteiger partial charge on any atom is -0.503 e. The minimum atomic E-state index is -3.60. The van der Waals surface area contributed by atoms with E-state index in [1.807, 2.05) is 40.7 Å². The molecule has 2 aliphatic heterocycles. The zero-order valence-corrected chi connectivity index (χ0v) is 22.1. The van der Waals surface area contributed by atoms with Crippen molar-refractivity contribution in [2.45, 2.75) is 60.1 Å². The summed E-state index contributed by atoms with van der Waals surface area (Å²) in [5, 5.41) is 0.587. The zero-order chi connectivity index (χ0) is 25.2. The lowest BCUT2D eigenvalue weighted by Crippen LogP contribution is -2.50. The van der Waals surface area contributed by atoms with Crippen LogP contribution in [-0.2, 0) is 26.1 Å². The normalized spacial score (nSPS) is 17.2. The predicted molar refractivity (Wildman–Crippen MR) is 135 cm³/mol. The van der Waals surface area contributed by atoms with Crippen LogP contribution in [0.4, 0.5) is 10.5 Å². The largest absolute Gasteiger partial charge is 0.503 e. The van der Waals surface area contributed by atoms with Crippen LogP contribution in [-0.4, -0.2) is 45.1 Å². The molecular formula is C24H37ClN2O5S. The van der Waals surface area contributed by atoms with Crippen molar-refractivity contribution in [2.24, 2.45) is 5.92 Å². The number of cyclic esters (lactones) is 1. The third-order valence-corrected chi connectivity index (χ3v) is 7.52. The number of sulfonamides is 1. The average molecular weight is 501 g/mol. The summed E-state index contributed by atoms with van der Waals surface area (Å²) in [5.74, 6) is -0.184. The molecule has 1 aromatic carbocycles. The fourth-order valence-corrected chi connectivity index (χ4v) is 5.66. The maximum atomic E-state index is 13.0. The number of benzene rings is 1. The lowest BCUT2D eigenvalue weighted by Gasteiger charge is -2.40. The number of rotatable bonds is 5. The Morgan fingerprint density at radius 3 is 2.36 bits per heavy atom. The molecule has 1 saturated heterocycles. The summed E-state index contributed by atoms with van der Waals surface area (Å²) in [5.41, 5.74) is 1.64. The number of methoxy groups -OCH3 is 1. The Hall–Kier alpha value is -2.03. The van der Waals surface area contributed by atoms with Gasteiger partial charge in [0.1, 0.15) is 6.61 Å². The molecule has 0 aliphatic carbocycles. The number of piperidine rings is 1. The molecule has 0 spiro atoms. The number of anilines is 1. The fraction of sp³-hybridized carbons (Fsp3) is 0.542. The number of ether oxygens (including phenoxy) is 2. The summed E-state index contributed by atoms with van der Waals surface area (Å²) in [7, 11) is -2.16. The third kappa shape index (κ3) is 7.22. The van der Waals surface area contributed by atoms with Crippen LogP contribution in [0.15, 0.2) is 42.0 Å². The van der Waals surface area contributed by atoms with Gasteiger partial charge in [-0.3, -0.25) is 4.90 Å². The van der Waals surface area contributed by atoms with Crippen LogP contribution < -0.4 is 4.90 Å². The van der Waals surface area contributed by atoms with Gasteiger partial charge in [0.05, 0.1) is 24.0 Å². The smallest absolute Gasteiger partial charge is 0.414 e. The van der Waals surface area contributed by atoms with Gasteiger partial charge in [-0.05, 0) is 43.9 Å². The first kappa shape index (κ1) is 29.0. The van der Waals surface area contributed by atoms with E-state index in [0.29, 0.717) is 31.0 Å². The molecule has 9 heteroatoms. The summed E-state index contributed by atoms with van der Waals surface area (Å²) >= 11 is 6.05. The molecule has 2 heterocycles. The maximum Gasteiger partial charge on any atom is 0.414 e. The number of allylic oxidation sites excluding steroid dienone is 2. The predicted octanol–water partition coefficient (Wildman–Crippen LogP) is 5.95. The highest BCUT2D eigenvalue weighted by molar-refractivity contribution is 7.93. The molecule has 7 nitrogen and oxygen atoms in total. The van der Waals surface area contributed by atoms with Gasteiger partial charge in [-0.15, -0.1) is 6.58 Å². The maximum absolute atomic E-state index is 13.0. The standard InChI is InChI=1S/C19H25ClN2O5S.C3H6.C2H6/c1-13(2)18(12-26-3)28(24,25)21-8-6-16(7-9-21)22-17-5-4-15(20)10-14(17)11-27-19(22)23;1-3-2;1-2/h4-5,10,12-13,16H,6-9,11H2,1-3H3;3H,1H2,2H3;1-2H3/b18-12-;;. The van der Waals surface area contributed by atoms with Gasteiger partial charge in [0.2, 0.25) is 10.0 Å². The van der Waals surface area contributed by atoms with Gasteiger partial charge < -0.3 is 9.47 Å². The van der Waals surface area contributed by atoms with Gasteiger partial charge in [-0.1, -0.05) is 45.4 Å². The number of halogens is 1. The van der Waals surface area contributed by atoms with E-state index in [9.17, 15) is 13.2 Å². The number of hydrogen-bond acceptors (Lipinski definition) is 5. The van der Waals surface area contributed by atoms with E-state index in [-0.39, 0.29) is 23.5 Å². The van der Waals surface area contributed by atoms with Crippen LogP contribution in [0.25, 0.3) is 0 Å². The number of carbonyl (C=O) groups excluding carboxylic acids is 1. The molecule has 1 amide bonds. The minimum absolute atomic E-state index is 0.131. The lowest BCUT2D eigenvalue weighted by atomic mass is 10.0. The van der Waals surface area contributed by atoms with E-state index in [1.54, 1.807) is 23.1 Å². The molecule has 0 aromatic heterocycles. The quantitative estimate of drug-likeness (QED) is 0.368. The van der Waals surface area contributed by atoms with E-state index >= 15 is 0 Å². The van der Waals surface area contributed by atoms with E-state index in [0.717, 1.165) is 11.3 Å². The monoisotopic (exact) mass is 500 g/mol. The molecule has 0 N–H and O–H groups in total. The molecule has 3 rings (SSSR count). The SMILES string of the molecule is C=CC.CC.CO/C=C(/C(C)C)S(=O)(=O)N1CCC(N2C(=O)OCc3cc(Cl)ccc32)CC1. The van der Waals surface area contributed by atoms with E-state index in [4.69, 9.17) is 21.1 Å². The Labute approximate surface area is 204 Å². The van der Waals surface area contributed by atoms with Crippen LogP contribution in [0.3, 0.4) is 0 Å². The Bertz CT molecular complexity index is 923. The number of fused-ring (bicyclic) bond motifs is 1.